The number of nitrogens with one attached hydrogen (secondary N) is 1. The van der Waals surface area contributed by atoms with Crippen LogP contribution in [0.4, 0.5) is 10.5 Å². The molecule has 1 aliphatic heterocycles. The number of halogens is 2. The Balaban J connectivity index is 2.07. The Morgan fingerprint density at radius 2 is 1.58 bits per heavy atom. The van der Waals surface area contributed by atoms with E-state index in [9.17, 15) is 19.2 Å². The molecule has 24 heavy (non-hydrogen) atoms. The first-order chi connectivity index (χ1) is 11.2. The van der Waals surface area contributed by atoms with Gasteiger partial charge in [0.15, 0.2) is 0 Å². The molecule has 2 rings (SSSR count). The van der Waals surface area contributed by atoms with Crippen molar-refractivity contribution in [2.24, 2.45) is 5.92 Å². The molecule has 0 aromatic heterocycles. The van der Waals surface area contributed by atoms with Crippen molar-refractivity contribution in [3.05, 3.63) is 28.2 Å². The fourth-order valence-electron chi connectivity index (χ4n) is 2.19. The average Bonchev–Trinajstić information content (AvgIpc) is 2.63. The van der Waals surface area contributed by atoms with Gasteiger partial charge in [-0.05, 0) is 24.1 Å². The predicted molar refractivity (Wildman–Crippen MR) is 88.8 cm³/mol. The Morgan fingerprint density at radius 1 is 1.04 bits per heavy atom. The van der Waals surface area contributed by atoms with Crippen molar-refractivity contribution < 1.29 is 19.2 Å². The normalized spacial score (nSPS) is 14.8. The quantitative estimate of drug-likeness (QED) is 0.635. The topological polar surface area (TPSA) is 86.8 Å². The maximum atomic E-state index is 12.1. The lowest BCUT2D eigenvalue weighted by Gasteiger charge is -2.16. The van der Waals surface area contributed by atoms with Gasteiger partial charge in [0.2, 0.25) is 5.91 Å². The summed E-state index contributed by atoms with van der Waals surface area (Å²) in [6.45, 7) is 3.17. The minimum absolute atomic E-state index is 0.00748. The zero-order valence-electron chi connectivity index (χ0n) is 13.0. The largest absolute Gasteiger partial charge is 0.334 e. The number of amides is 5. The Hall–Kier alpha value is -2.12. The fraction of sp³-hybridized carbons (Fsp3) is 0.333. The average molecular weight is 372 g/mol. The maximum Gasteiger partial charge on any atom is 0.334 e. The predicted octanol–water partition coefficient (Wildman–Crippen LogP) is 2.38. The molecule has 1 aromatic rings. The molecule has 7 nitrogen and oxygen atoms in total. The number of imide groups is 2. The van der Waals surface area contributed by atoms with E-state index in [1.165, 1.54) is 18.2 Å². The number of urea groups is 1. The minimum atomic E-state index is -1.01. The number of hydrogen-bond donors (Lipinski definition) is 1. The van der Waals surface area contributed by atoms with E-state index in [0.29, 0.717) is 20.6 Å². The van der Waals surface area contributed by atoms with E-state index in [2.05, 4.69) is 5.32 Å². The zero-order chi connectivity index (χ0) is 18.0. The summed E-state index contributed by atoms with van der Waals surface area (Å²) >= 11 is 11.7. The first-order valence-electron chi connectivity index (χ1n) is 7.12. The van der Waals surface area contributed by atoms with Gasteiger partial charge < -0.3 is 5.32 Å². The number of hydrogen-bond acceptors (Lipinski definition) is 4. The highest BCUT2D eigenvalue weighted by atomic mass is 35.5. The summed E-state index contributed by atoms with van der Waals surface area (Å²) in [4.78, 5) is 49.4. The lowest BCUT2D eigenvalue weighted by atomic mass is 10.2. The molecule has 1 N–H and O–H groups in total. The maximum absolute atomic E-state index is 12.1. The van der Waals surface area contributed by atoms with Gasteiger partial charge in [0.05, 0.1) is 0 Å². The zero-order valence-corrected chi connectivity index (χ0v) is 14.5. The van der Waals surface area contributed by atoms with Gasteiger partial charge in [-0.15, -0.1) is 0 Å². The van der Waals surface area contributed by atoms with Crippen molar-refractivity contribution >= 4 is 52.6 Å². The number of benzene rings is 1. The molecule has 0 atom stereocenters. The second-order valence-corrected chi connectivity index (χ2v) is 6.56. The summed E-state index contributed by atoms with van der Waals surface area (Å²) in [5, 5.41) is 3.13. The summed E-state index contributed by atoms with van der Waals surface area (Å²) in [6.07, 6.45) is 0. The third kappa shape index (κ3) is 4.04. The van der Waals surface area contributed by atoms with Gasteiger partial charge >= 0.3 is 17.8 Å². The number of nitrogens with zero attached hydrogens (tertiary/aromatic N) is 2. The molecule has 128 valence electrons. The van der Waals surface area contributed by atoms with Crippen LogP contribution in [0.5, 0.6) is 0 Å². The van der Waals surface area contributed by atoms with Crippen molar-refractivity contribution in [3.8, 4) is 0 Å². The number of anilines is 1. The third-order valence-corrected chi connectivity index (χ3v) is 3.57. The highest BCUT2D eigenvalue weighted by Gasteiger charge is 2.45. The molecule has 0 radical (unpaired) electrons. The fourth-order valence-corrected chi connectivity index (χ4v) is 2.71. The van der Waals surface area contributed by atoms with Crippen LogP contribution in [-0.2, 0) is 14.4 Å². The van der Waals surface area contributed by atoms with Crippen molar-refractivity contribution in [3.63, 3.8) is 0 Å². The molecular formula is C15H15Cl2N3O4. The third-order valence-electron chi connectivity index (χ3n) is 3.13. The van der Waals surface area contributed by atoms with Crippen molar-refractivity contribution in [1.29, 1.82) is 0 Å². The molecule has 1 heterocycles. The van der Waals surface area contributed by atoms with Crippen LogP contribution in [0.2, 0.25) is 10.0 Å². The molecule has 0 spiro atoms. The lowest BCUT2D eigenvalue weighted by Crippen LogP contribution is -2.39. The van der Waals surface area contributed by atoms with E-state index in [-0.39, 0.29) is 12.5 Å². The van der Waals surface area contributed by atoms with E-state index >= 15 is 0 Å². The Labute approximate surface area is 148 Å². The smallest absolute Gasteiger partial charge is 0.324 e. The van der Waals surface area contributed by atoms with Gasteiger partial charge in [0.1, 0.15) is 6.54 Å². The molecule has 0 saturated carbocycles. The van der Waals surface area contributed by atoms with Crippen molar-refractivity contribution in [2.75, 3.05) is 18.4 Å². The van der Waals surface area contributed by atoms with Crippen LogP contribution in [0.15, 0.2) is 18.2 Å². The van der Waals surface area contributed by atoms with E-state index < -0.39 is 30.3 Å². The van der Waals surface area contributed by atoms with E-state index in [0.717, 1.165) is 4.90 Å². The van der Waals surface area contributed by atoms with Gasteiger partial charge in [0.25, 0.3) is 0 Å². The number of carbonyl (C=O) groups excluding carboxylic acids is 4. The van der Waals surface area contributed by atoms with Gasteiger partial charge in [-0.2, -0.15) is 0 Å². The molecule has 1 fully saturated rings. The van der Waals surface area contributed by atoms with Gasteiger partial charge in [-0.3, -0.25) is 19.3 Å². The van der Waals surface area contributed by atoms with Gasteiger partial charge in [-0.25, -0.2) is 9.69 Å². The van der Waals surface area contributed by atoms with Crippen LogP contribution < -0.4 is 5.32 Å². The molecule has 1 aliphatic rings. The highest BCUT2D eigenvalue weighted by molar-refractivity contribution is 6.45. The second-order valence-electron chi connectivity index (χ2n) is 5.69. The first kappa shape index (κ1) is 18.2. The van der Waals surface area contributed by atoms with Crippen LogP contribution >= 0.6 is 23.2 Å². The summed E-state index contributed by atoms with van der Waals surface area (Å²) in [7, 11) is 0. The minimum Gasteiger partial charge on any atom is -0.324 e. The highest BCUT2D eigenvalue weighted by Crippen LogP contribution is 2.22. The van der Waals surface area contributed by atoms with Gasteiger partial charge in [0, 0.05) is 22.3 Å². The van der Waals surface area contributed by atoms with Crippen LogP contribution in [0, 0.1) is 5.92 Å². The Morgan fingerprint density at radius 3 is 2.12 bits per heavy atom. The van der Waals surface area contributed by atoms with Gasteiger partial charge in [-0.1, -0.05) is 37.0 Å². The lowest BCUT2D eigenvalue weighted by molar-refractivity contribution is -0.143. The summed E-state index contributed by atoms with van der Waals surface area (Å²) in [6, 6.07) is 3.64. The SMILES string of the molecule is CC(C)CN1C(=O)C(=O)N(CC(=O)Nc2cc(Cl)cc(Cl)c2)C1=O. The molecule has 9 heteroatoms. The molecule has 1 saturated heterocycles. The van der Waals surface area contributed by atoms with Crippen molar-refractivity contribution in [2.45, 2.75) is 13.8 Å². The van der Waals surface area contributed by atoms with E-state index in [4.69, 9.17) is 23.2 Å². The standard InChI is InChI=1S/C15H15Cl2N3O4/c1-8(2)6-19-13(22)14(23)20(15(19)24)7-12(21)18-11-4-9(16)3-10(17)5-11/h3-5,8H,6-7H2,1-2H3,(H,18,21). The molecule has 0 unspecified atom stereocenters. The number of rotatable bonds is 5. The Bertz CT molecular complexity index is 700. The monoisotopic (exact) mass is 371 g/mol. The van der Waals surface area contributed by atoms with Crippen LogP contribution in [-0.4, -0.2) is 46.6 Å². The molecule has 0 aliphatic carbocycles. The summed E-state index contributed by atoms with van der Waals surface area (Å²) in [5.74, 6) is -2.57. The molecule has 1 aromatic carbocycles. The Kier molecular flexibility index (Phi) is 5.46. The first-order valence-corrected chi connectivity index (χ1v) is 7.88. The van der Waals surface area contributed by atoms with Crippen LogP contribution in [0.3, 0.4) is 0 Å². The molecule has 5 amide bonds. The van der Waals surface area contributed by atoms with E-state index in [1.54, 1.807) is 0 Å². The number of carbonyl (C=O) groups is 4. The van der Waals surface area contributed by atoms with Crippen molar-refractivity contribution in [1.82, 2.24) is 9.80 Å². The molecule has 0 bridgehead atoms. The van der Waals surface area contributed by atoms with Crippen LogP contribution in [0.25, 0.3) is 0 Å². The second kappa shape index (κ2) is 7.19. The summed E-state index contributed by atoms with van der Waals surface area (Å²) < 4.78 is 0. The van der Waals surface area contributed by atoms with Crippen LogP contribution in [0.1, 0.15) is 13.8 Å². The van der Waals surface area contributed by atoms with E-state index in [1.807, 2.05) is 13.8 Å². The molecular weight excluding hydrogens is 357 g/mol. The summed E-state index contributed by atoms with van der Waals surface area (Å²) in [5.41, 5.74) is 0.321.